The van der Waals surface area contributed by atoms with Gasteiger partial charge in [-0.3, -0.25) is 14.8 Å². The second kappa shape index (κ2) is 8.61. The molecule has 0 saturated heterocycles. The summed E-state index contributed by atoms with van der Waals surface area (Å²) in [4.78, 5) is 20.0. The van der Waals surface area contributed by atoms with Gasteiger partial charge in [0.15, 0.2) is 0 Å². The Morgan fingerprint density at radius 2 is 2.19 bits per heavy atom. The summed E-state index contributed by atoms with van der Waals surface area (Å²) in [7, 11) is 3.38. The van der Waals surface area contributed by atoms with E-state index in [0.717, 1.165) is 25.1 Å². The lowest BCUT2D eigenvalue weighted by molar-refractivity contribution is -0.124. The van der Waals surface area contributed by atoms with Gasteiger partial charge in [0.2, 0.25) is 5.91 Å². The van der Waals surface area contributed by atoms with Crippen LogP contribution in [-0.4, -0.2) is 56.0 Å². The largest absolute Gasteiger partial charge is 0.394 e. The molecule has 3 atom stereocenters. The molecule has 0 aromatic carbocycles. The van der Waals surface area contributed by atoms with Crippen molar-refractivity contribution in [3.8, 4) is 0 Å². The van der Waals surface area contributed by atoms with E-state index in [2.05, 4.69) is 20.6 Å². The van der Waals surface area contributed by atoms with E-state index >= 15 is 0 Å². The summed E-state index contributed by atoms with van der Waals surface area (Å²) in [5.74, 6) is 1.28. The van der Waals surface area contributed by atoms with Crippen molar-refractivity contribution in [2.75, 3.05) is 27.2 Å². The molecule has 5 N–H and O–H groups in total. The maximum Gasteiger partial charge on any atom is 0.222 e. The van der Waals surface area contributed by atoms with E-state index in [-0.39, 0.29) is 30.4 Å². The normalized spacial score (nSPS) is 24.8. The molecule has 1 rings (SSSR count). The minimum Gasteiger partial charge on any atom is -0.394 e. The molecule has 1 aliphatic rings. The molecule has 0 aromatic heterocycles. The molecule has 1 fully saturated rings. The van der Waals surface area contributed by atoms with Gasteiger partial charge in [0.25, 0.3) is 0 Å². The lowest BCUT2D eigenvalue weighted by Crippen LogP contribution is -2.42. The number of carbonyl (C=O) groups excluding carboxylic acids is 1. The van der Waals surface area contributed by atoms with Crippen LogP contribution in [0.1, 0.15) is 26.2 Å². The van der Waals surface area contributed by atoms with E-state index in [1.54, 1.807) is 14.1 Å². The molecule has 0 aromatic rings. The minimum absolute atomic E-state index is 0.0180. The zero-order chi connectivity index (χ0) is 15.8. The zero-order valence-corrected chi connectivity index (χ0v) is 13.1. The predicted molar refractivity (Wildman–Crippen MR) is 84.4 cm³/mol. The molecule has 1 saturated carbocycles. The maximum absolute atomic E-state index is 11.6. The van der Waals surface area contributed by atoms with Crippen molar-refractivity contribution in [3.05, 3.63) is 0 Å². The van der Waals surface area contributed by atoms with Crippen LogP contribution in [0.3, 0.4) is 0 Å². The number of aliphatic imine (C=N–C) groups is 2. The van der Waals surface area contributed by atoms with E-state index in [0.29, 0.717) is 12.4 Å². The van der Waals surface area contributed by atoms with Crippen LogP contribution >= 0.6 is 0 Å². The Balaban J connectivity index is 2.58. The Labute approximate surface area is 126 Å². The molecule has 120 valence electrons. The average Bonchev–Trinajstić information content (AvgIpc) is 2.97. The molecule has 0 radical (unpaired) electrons. The number of hydrogen-bond donors (Lipinski definition) is 4. The van der Waals surface area contributed by atoms with E-state index in [1.807, 2.05) is 6.92 Å². The highest BCUT2D eigenvalue weighted by Gasteiger charge is 2.30. The van der Waals surface area contributed by atoms with Crippen LogP contribution in [-0.2, 0) is 4.79 Å². The first-order chi connectivity index (χ1) is 10.0. The number of rotatable bonds is 6. The standard InChI is InChI=1S/C14H27N5O2/c1-9(12(15)18-6-7-20)13(16-2)19-11-5-4-10(8-11)14(21)17-3/h9-11,20H,4-8H2,1-3H3,(H2,15,18)(H,16,19)(H,17,21). The summed E-state index contributed by atoms with van der Waals surface area (Å²) < 4.78 is 0. The van der Waals surface area contributed by atoms with E-state index in [4.69, 9.17) is 10.8 Å². The van der Waals surface area contributed by atoms with Gasteiger partial charge in [0.1, 0.15) is 11.7 Å². The summed E-state index contributed by atoms with van der Waals surface area (Å²) in [5, 5.41) is 14.9. The van der Waals surface area contributed by atoms with Crippen LogP contribution in [0.2, 0.25) is 0 Å². The highest BCUT2D eigenvalue weighted by molar-refractivity contribution is 6.04. The van der Waals surface area contributed by atoms with Crippen LogP contribution < -0.4 is 16.4 Å². The van der Waals surface area contributed by atoms with Gasteiger partial charge in [0, 0.05) is 26.1 Å². The van der Waals surface area contributed by atoms with Crippen LogP contribution in [0.15, 0.2) is 9.98 Å². The molecule has 0 spiro atoms. The molecule has 1 amide bonds. The third kappa shape index (κ3) is 5.00. The molecule has 7 heteroatoms. The van der Waals surface area contributed by atoms with Gasteiger partial charge in [-0.25, -0.2) is 0 Å². The first-order valence-electron chi connectivity index (χ1n) is 7.38. The molecule has 0 bridgehead atoms. The van der Waals surface area contributed by atoms with Crippen molar-refractivity contribution in [2.45, 2.75) is 32.2 Å². The molecule has 0 heterocycles. The van der Waals surface area contributed by atoms with Crippen molar-refractivity contribution in [2.24, 2.45) is 27.6 Å². The van der Waals surface area contributed by atoms with Gasteiger partial charge in [0.05, 0.1) is 19.1 Å². The number of amidine groups is 2. The fourth-order valence-electron chi connectivity index (χ4n) is 2.60. The van der Waals surface area contributed by atoms with Gasteiger partial charge >= 0.3 is 0 Å². The van der Waals surface area contributed by atoms with Crippen LogP contribution in [0.25, 0.3) is 0 Å². The van der Waals surface area contributed by atoms with E-state index in [1.165, 1.54) is 0 Å². The number of aliphatic hydroxyl groups is 1. The van der Waals surface area contributed by atoms with E-state index in [9.17, 15) is 4.79 Å². The maximum atomic E-state index is 11.6. The number of amides is 1. The Bertz CT molecular complexity index is 408. The topological polar surface area (TPSA) is 112 Å². The van der Waals surface area contributed by atoms with Gasteiger partial charge in [-0.2, -0.15) is 0 Å². The number of aliphatic hydroxyl groups excluding tert-OH is 1. The average molecular weight is 297 g/mol. The first kappa shape index (κ1) is 17.4. The first-order valence-corrected chi connectivity index (χ1v) is 7.38. The van der Waals surface area contributed by atoms with Crippen LogP contribution in [0.4, 0.5) is 0 Å². The minimum atomic E-state index is -0.124. The number of hydrogen-bond acceptors (Lipinski definition) is 4. The SMILES string of the molecule is CN=C(NC1CCC(C(=O)NC)C1)C(C)C(N)=NCCO. The summed E-state index contributed by atoms with van der Waals surface area (Å²) >= 11 is 0. The van der Waals surface area contributed by atoms with Gasteiger partial charge in [-0.05, 0) is 26.2 Å². The number of nitrogens with two attached hydrogens (primary N) is 1. The molecular formula is C14H27N5O2. The lowest BCUT2D eigenvalue weighted by Gasteiger charge is -2.20. The Hall–Kier alpha value is -1.63. The quantitative estimate of drug-likeness (QED) is 0.391. The summed E-state index contributed by atoms with van der Waals surface area (Å²) in [6, 6.07) is 0.235. The second-order valence-corrected chi connectivity index (χ2v) is 5.33. The van der Waals surface area contributed by atoms with Crippen molar-refractivity contribution >= 4 is 17.6 Å². The third-order valence-corrected chi connectivity index (χ3v) is 3.89. The molecule has 7 nitrogen and oxygen atoms in total. The van der Waals surface area contributed by atoms with E-state index < -0.39 is 0 Å². The fraction of sp³-hybridized carbons (Fsp3) is 0.786. The fourth-order valence-corrected chi connectivity index (χ4v) is 2.60. The predicted octanol–water partition coefficient (Wildman–Crippen LogP) is -0.495. The monoisotopic (exact) mass is 297 g/mol. The highest BCUT2D eigenvalue weighted by atomic mass is 16.3. The second-order valence-electron chi connectivity index (χ2n) is 5.33. The third-order valence-electron chi connectivity index (χ3n) is 3.89. The van der Waals surface area contributed by atoms with Crippen molar-refractivity contribution in [1.29, 1.82) is 0 Å². The highest BCUT2D eigenvalue weighted by Crippen LogP contribution is 2.25. The van der Waals surface area contributed by atoms with Crippen molar-refractivity contribution in [1.82, 2.24) is 10.6 Å². The number of nitrogens with one attached hydrogen (secondary N) is 2. The Morgan fingerprint density at radius 1 is 1.48 bits per heavy atom. The van der Waals surface area contributed by atoms with Gasteiger partial charge in [-0.15, -0.1) is 0 Å². The number of carbonyl (C=O) groups is 1. The van der Waals surface area contributed by atoms with Gasteiger partial charge < -0.3 is 21.5 Å². The molecule has 21 heavy (non-hydrogen) atoms. The molecule has 1 aliphatic carbocycles. The molecule has 0 aliphatic heterocycles. The van der Waals surface area contributed by atoms with Crippen molar-refractivity contribution < 1.29 is 9.90 Å². The Morgan fingerprint density at radius 3 is 2.76 bits per heavy atom. The van der Waals surface area contributed by atoms with Crippen LogP contribution in [0, 0.1) is 11.8 Å². The lowest BCUT2D eigenvalue weighted by atomic mass is 10.1. The zero-order valence-electron chi connectivity index (χ0n) is 13.1. The smallest absolute Gasteiger partial charge is 0.222 e. The summed E-state index contributed by atoms with van der Waals surface area (Å²) in [6.07, 6.45) is 2.63. The summed E-state index contributed by atoms with van der Waals surface area (Å²) in [5.41, 5.74) is 5.91. The number of nitrogens with zero attached hydrogens (tertiary/aromatic N) is 2. The molecule has 3 unspecified atom stereocenters. The Kier molecular flexibility index (Phi) is 7.14. The van der Waals surface area contributed by atoms with Gasteiger partial charge in [-0.1, -0.05) is 0 Å². The summed E-state index contributed by atoms with van der Waals surface area (Å²) in [6.45, 7) is 2.21. The van der Waals surface area contributed by atoms with Crippen molar-refractivity contribution in [3.63, 3.8) is 0 Å². The molecular weight excluding hydrogens is 270 g/mol. The van der Waals surface area contributed by atoms with Crippen LogP contribution in [0.5, 0.6) is 0 Å².